The maximum absolute atomic E-state index is 13.3. The lowest BCUT2D eigenvalue weighted by molar-refractivity contribution is -0.426. The summed E-state index contributed by atoms with van der Waals surface area (Å²) in [6, 6.07) is 14.3. The summed E-state index contributed by atoms with van der Waals surface area (Å²) in [6.45, 7) is 5.12. The van der Waals surface area contributed by atoms with Crippen molar-refractivity contribution < 1.29 is 39.5 Å². The number of carbonyl (C=O) groups excluding carboxylic acids is 3. The average molecular weight is 514 g/mol. The van der Waals surface area contributed by atoms with Crippen molar-refractivity contribution in [2.24, 2.45) is 11.8 Å². The topological polar surface area (TPSA) is 168 Å². The Balaban J connectivity index is 1.78. The Morgan fingerprint density at radius 3 is 2.19 bits per heavy atom. The van der Waals surface area contributed by atoms with Crippen LogP contribution in [0.5, 0.6) is 5.75 Å². The number of ether oxygens (including phenoxy) is 1. The third-order valence-corrected chi connectivity index (χ3v) is 6.66. The van der Waals surface area contributed by atoms with Crippen molar-refractivity contribution in [1.29, 1.82) is 0 Å². The molecular formula is C27H33N2O8-. The average Bonchev–Trinajstić information content (AvgIpc) is 3.20. The summed E-state index contributed by atoms with van der Waals surface area (Å²) in [5.74, 6) is -3.44. The number of amides is 3. The predicted octanol–water partition coefficient (Wildman–Crippen LogP) is -0.406. The second-order valence-electron chi connectivity index (χ2n) is 9.60. The van der Waals surface area contributed by atoms with E-state index in [-0.39, 0.29) is 11.7 Å². The Morgan fingerprint density at radius 2 is 1.54 bits per heavy atom. The van der Waals surface area contributed by atoms with Gasteiger partial charge in [-0.2, -0.15) is 0 Å². The summed E-state index contributed by atoms with van der Waals surface area (Å²) in [6.07, 6.45) is -9.35. The highest BCUT2D eigenvalue weighted by Gasteiger charge is 2.40. The van der Waals surface area contributed by atoms with Gasteiger partial charge >= 0.3 is 0 Å². The van der Waals surface area contributed by atoms with Crippen LogP contribution >= 0.6 is 0 Å². The van der Waals surface area contributed by atoms with E-state index in [1.165, 1.54) is 12.1 Å². The van der Waals surface area contributed by atoms with E-state index in [1.54, 1.807) is 51.1 Å². The third kappa shape index (κ3) is 6.72. The molecule has 0 saturated carbocycles. The van der Waals surface area contributed by atoms with Crippen molar-refractivity contribution in [3.63, 3.8) is 0 Å². The lowest BCUT2D eigenvalue weighted by atomic mass is 9.96. The minimum atomic E-state index is -2.48. The van der Waals surface area contributed by atoms with Crippen molar-refractivity contribution in [2.45, 2.75) is 63.8 Å². The van der Waals surface area contributed by atoms with Gasteiger partial charge in [0.1, 0.15) is 11.9 Å². The van der Waals surface area contributed by atoms with Crippen LogP contribution in [0, 0.1) is 11.8 Å². The van der Waals surface area contributed by atoms with Gasteiger partial charge in [-0.05, 0) is 35.3 Å². The molecular weight excluding hydrogens is 480 g/mol. The highest BCUT2D eigenvalue weighted by molar-refractivity contribution is 5.98. The highest BCUT2D eigenvalue weighted by Crippen LogP contribution is 2.31. The number of carbonyl (C=O) groups is 3. The Bertz CT molecular complexity index is 1090. The van der Waals surface area contributed by atoms with Crippen LogP contribution in [0.4, 0.5) is 0 Å². The molecule has 5 N–H and O–H groups in total. The van der Waals surface area contributed by atoms with Gasteiger partial charge in [-0.3, -0.25) is 19.7 Å². The van der Waals surface area contributed by atoms with E-state index in [0.29, 0.717) is 12.0 Å². The summed E-state index contributed by atoms with van der Waals surface area (Å²) >= 11 is 0. The van der Waals surface area contributed by atoms with Crippen molar-refractivity contribution in [2.75, 3.05) is 0 Å². The molecule has 0 spiro atoms. The number of benzene rings is 2. The zero-order chi connectivity index (χ0) is 27.3. The fraction of sp³-hybridized carbons (Fsp3) is 0.444. The molecule has 7 atom stereocenters. The summed E-state index contributed by atoms with van der Waals surface area (Å²) in [4.78, 5) is 37.8. The van der Waals surface area contributed by atoms with Crippen LogP contribution in [-0.4, -0.2) is 63.6 Å². The van der Waals surface area contributed by atoms with Gasteiger partial charge in [-0.25, -0.2) is 0 Å². The fourth-order valence-electron chi connectivity index (χ4n) is 4.03. The summed E-state index contributed by atoms with van der Waals surface area (Å²) < 4.78 is 5.63. The van der Waals surface area contributed by atoms with E-state index < -0.39 is 60.2 Å². The molecule has 0 aromatic heterocycles. The molecule has 1 unspecified atom stereocenters. The third-order valence-electron chi connectivity index (χ3n) is 6.66. The number of hydrogen-bond donors (Lipinski definition) is 5. The SMILES string of the molecule is CC(C)[C@H](C)C(=O)NC(=O)[C@H]([O-])[C@H](O)[C@@H](O)[C@@H](Oc1ccccc1)C(=O)NC1c2ccccc2C[C@@H]1O. The van der Waals surface area contributed by atoms with E-state index in [9.17, 15) is 34.8 Å². The molecule has 0 fully saturated rings. The molecule has 3 rings (SSSR count). The lowest BCUT2D eigenvalue weighted by Gasteiger charge is -2.34. The number of aliphatic hydroxyl groups excluding tert-OH is 3. The van der Waals surface area contributed by atoms with Crippen molar-refractivity contribution in [1.82, 2.24) is 10.6 Å². The number of imide groups is 1. The molecule has 37 heavy (non-hydrogen) atoms. The maximum atomic E-state index is 13.3. The molecule has 2 aromatic rings. The van der Waals surface area contributed by atoms with Gasteiger partial charge in [-0.15, -0.1) is 0 Å². The molecule has 1 aliphatic rings. The van der Waals surface area contributed by atoms with Gasteiger partial charge < -0.3 is 30.5 Å². The molecule has 0 bridgehead atoms. The molecule has 0 heterocycles. The molecule has 200 valence electrons. The second kappa shape index (κ2) is 12.3. The van der Waals surface area contributed by atoms with E-state index in [2.05, 4.69) is 5.32 Å². The predicted molar refractivity (Wildman–Crippen MR) is 131 cm³/mol. The van der Waals surface area contributed by atoms with Crippen LogP contribution in [0.15, 0.2) is 54.6 Å². The number of nitrogens with one attached hydrogen (secondary N) is 2. The van der Waals surface area contributed by atoms with Crippen molar-refractivity contribution >= 4 is 17.7 Å². The zero-order valence-electron chi connectivity index (χ0n) is 20.9. The Labute approximate surface area is 215 Å². The van der Waals surface area contributed by atoms with Crippen LogP contribution < -0.4 is 20.5 Å². The summed E-state index contributed by atoms with van der Waals surface area (Å²) in [5.41, 5.74) is 1.54. The molecule has 0 saturated heterocycles. The number of hydrogen-bond acceptors (Lipinski definition) is 8. The van der Waals surface area contributed by atoms with Crippen LogP contribution in [0.3, 0.4) is 0 Å². The molecule has 0 radical (unpaired) electrons. The normalized spacial score (nSPS) is 20.8. The van der Waals surface area contributed by atoms with Crippen molar-refractivity contribution in [3.05, 3.63) is 65.7 Å². The first-order valence-corrected chi connectivity index (χ1v) is 12.2. The lowest BCUT2D eigenvalue weighted by Crippen LogP contribution is -2.61. The van der Waals surface area contributed by atoms with E-state index >= 15 is 0 Å². The fourth-order valence-corrected chi connectivity index (χ4v) is 4.03. The van der Waals surface area contributed by atoms with Crippen LogP contribution in [0.25, 0.3) is 0 Å². The van der Waals surface area contributed by atoms with Crippen molar-refractivity contribution in [3.8, 4) is 5.75 Å². The van der Waals surface area contributed by atoms with Gasteiger partial charge in [0.25, 0.3) is 5.91 Å². The summed E-state index contributed by atoms with van der Waals surface area (Å²) in [5, 5.41) is 49.1. The molecule has 10 nitrogen and oxygen atoms in total. The maximum Gasteiger partial charge on any atom is 0.264 e. The first kappa shape index (κ1) is 28.3. The van der Waals surface area contributed by atoms with Gasteiger partial charge in [0.2, 0.25) is 17.9 Å². The number of aliphatic hydroxyl groups is 3. The monoisotopic (exact) mass is 513 g/mol. The van der Waals surface area contributed by atoms with E-state index in [1.807, 2.05) is 17.4 Å². The van der Waals surface area contributed by atoms with Crippen LogP contribution in [0.1, 0.15) is 37.9 Å². The van der Waals surface area contributed by atoms with Gasteiger partial charge in [0, 0.05) is 12.3 Å². The zero-order valence-corrected chi connectivity index (χ0v) is 20.9. The summed E-state index contributed by atoms with van der Waals surface area (Å²) in [7, 11) is 0. The minimum Gasteiger partial charge on any atom is -0.843 e. The second-order valence-corrected chi connectivity index (χ2v) is 9.60. The first-order chi connectivity index (χ1) is 17.5. The van der Waals surface area contributed by atoms with Gasteiger partial charge in [-0.1, -0.05) is 63.2 Å². The Hall–Kier alpha value is -3.31. The Morgan fingerprint density at radius 1 is 0.919 bits per heavy atom. The smallest absolute Gasteiger partial charge is 0.264 e. The quantitative estimate of drug-likeness (QED) is 0.286. The molecule has 3 amide bonds. The minimum absolute atomic E-state index is 0.100. The van der Waals surface area contributed by atoms with Gasteiger partial charge in [0.05, 0.1) is 18.2 Å². The number of para-hydroxylation sites is 1. The van der Waals surface area contributed by atoms with Gasteiger partial charge in [0.15, 0.2) is 0 Å². The van der Waals surface area contributed by atoms with Crippen LogP contribution in [-0.2, 0) is 20.8 Å². The molecule has 10 heteroatoms. The Kier molecular flexibility index (Phi) is 9.39. The molecule has 0 aliphatic heterocycles. The largest absolute Gasteiger partial charge is 0.843 e. The highest BCUT2D eigenvalue weighted by atomic mass is 16.5. The molecule has 1 aliphatic carbocycles. The molecule has 2 aromatic carbocycles. The van der Waals surface area contributed by atoms with E-state index in [0.717, 1.165) is 5.56 Å². The van der Waals surface area contributed by atoms with E-state index in [4.69, 9.17) is 4.74 Å². The van der Waals surface area contributed by atoms with Crippen LogP contribution in [0.2, 0.25) is 0 Å². The standard InChI is InChI=1S/C27H33N2O8/c1-14(2)15(3)25(34)29-26(35)23(33)21(31)22(32)24(37-17-10-5-4-6-11-17)27(36)28-20-18-12-8-7-9-16(18)13-19(20)30/h4-12,14-15,19-24,30-32H,13H2,1-3H3,(H,28,36)(H,29,34,35)/q-1/t15-,19-,20?,21+,22+,23+,24+/m0/s1. The number of rotatable bonds is 10. The number of fused-ring (bicyclic) bond motifs is 1. The first-order valence-electron chi connectivity index (χ1n) is 12.2.